The molecule has 0 unspecified atom stereocenters. The Bertz CT molecular complexity index is 509. The Balaban J connectivity index is 2.48. The van der Waals surface area contributed by atoms with Gasteiger partial charge in [0, 0.05) is 6.08 Å². The molecule has 0 aromatic heterocycles. The number of hydrogen-bond donors (Lipinski definition) is 1. The summed E-state index contributed by atoms with van der Waals surface area (Å²) in [7, 11) is 0. The minimum atomic E-state index is -0.910. The van der Waals surface area contributed by atoms with Gasteiger partial charge in [-0.3, -0.25) is 0 Å². The molecule has 0 saturated carbocycles. The topological polar surface area (TPSA) is 61.1 Å². The van der Waals surface area contributed by atoms with Crippen molar-refractivity contribution in [2.24, 2.45) is 0 Å². The predicted octanol–water partition coefficient (Wildman–Crippen LogP) is 2.36. The molecule has 3 nitrogen and oxygen atoms in total. The summed E-state index contributed by atoms with van der Waals surface area (Å²) in [5.41, 5.74) is 3.55. The van der Waals surface area contributed by atoms with Crippen LogP contribution in [0.5, 0.6) is 0 Å². The van der Waals surface area contributed by atoms with Crippen LogP contribution in [0.4, 0.5) is 0 Å². The summed E-state index contributed by atoms with van der Waals surface area (Å²) in [6.45, 7) is 0. The molecule has 0 fully saturated rings. The van der Waals surface area contributed by atoms with Crippen LogP contribution in [0.1, 0.15) is 29.5 Å². The van der Waals surface area contributed by atoms with Gasteiger partial charge in [-0.15, -0.1) is 0 Å². The molecule has 3 heteroatoms. The minimum absolute atomic E-state index is 0.635. The molecule has 2 rings (SSSR count). The van der Waals surface area contributed by atoms with Crippen molar-refractivity contribution in [1.29, 1.82) is 5.26 Å². The van der Waals surface area contributed by atoms with Crippen LogP contribution < -0.4 is 0 Å². The molecule has 0 atom stereocenters. The lowest BCUT2D eigenvalue weighted by molar-refractivity contribution is -0.131. The fourth-order valence-corrected chi connectivity index (χ4v) is 2.09. The molecule has 0 heterocycles. The minimum Gasteiger partial charge on any atom is -0.478 e. The van der Waals surface area contributed by atoms with E-state index in [4.69, 9.17) is 10.4 Å². The fraction of sp³-hybridized carbons (Fsp3) is 0.231. The third-order valence-electron chi connectivity index (χ3n) is 2.77. The van der Waals surface area contributed by atoms with Crippen LogP contribution in [0, 0.1) is 11.3 Å². The number of carboxylic acid groups (broad SMARTS) is 1. The largest absolute Gasteiger partial charge is 0.478 e. The molecule has 0 amide bonds. The number of aliphatic carboxylic acids is 1. The first-order valence-corrected chi connectivity index (χ1v) is 5.17. The van der Waals surface area contributed by atoms with Crippen molar-refractivity contribution in [2.45, 2.75) is 19.3 Å². The highest BCUT2D eigenvalue weighted by Gasteiger charge is 2.15. The van der Waals surface area contributed by atoms with E-state index in [0.717, 1.165) is 36.0 Å². The van der Waals surface area contributed by atoms with Crippen LogP contribution in [-0.2, 0) is 11.2 Å². The van der Waals surface area contributed by atoms with Gasteiger partial charge in [-0.1, -0.05) is 6.07 Å². The maximum absolute atomic E-state index is 10.7. The second-order valence-electron chi connectivity index (χ2n) is 3.85. The molecule has 1 aromatic carbocycles. The number of nitriles is 1. The zero-order chi connectivity index (χ0) is 11.5. The van der Waals surface area contributed by atoms with Crippen molar-refractivity contribution in [3.63, 3.8) is 0 Å². The van der Waals surface area contributed by atoms with E-state index in [1.165, 1.54) is 6.08 Å². The second kappa shape index (κ2) is 4.19. The molecule has 0 radical (unpaired) electrons. The lowest BCUT2D eigenvalue weighted by atomic mass is 9.86. The first kappa shape index (κ1) is 10.4. The summed E-state index contributed by atoms with van der Waals surface area (Å²) in [4.78, 5) is 10.7. The second-order valence-corrected chi connectivity index (χ2v) is 3.85. The monoisotopic (exact) mass is 213 g/mol. The number of carbonyl (C=O) groups is 1. The third kappa shape index (κ3) is 1.96. The molecule has 1 N–H and O–H groups in total. The lowest BCUT2D eigenvalue weighted by Crippen LogP contribution is -2.04. The standard InChI is InChI=1S/C13H11NO2/c14-8-9-4-5-12-10(6-9)2-1-3-11(12)7-13(15)16/h4-7H,1-3H2,(H,15,16). The van der Waals surface area contributed by atoms with Crippen molar-refractivity contribution < 1.29 is 9.90 Å². The third-order valence-corrected chi connectivity index (χ3v) is 2.77. The number of nitrogens with zero attached hydrogens (tertiary/aromatic N) is 1. The summed E-state index contributed by atoms with van der Waals surface area (Å²) in [5.74, 6) is -0.910. The van der Waals surface area contributed by atoms with Crippen molar-refractivity contribution >= 4 is 11.5 Å². The average molecular weight is 213 g/mol. The van der Waals surface area contributed by atoms with E-state index < -0.39 is 5.97 Å². The fourth-order valence-electron chi connectivity index (χ4n) is 2.09. The number of carboxylic acids is 1. The molecule has 0 saturated heterocycles. The number of aryl methyl sites for hydroxylation is 1. The van der Waals surface area contributed by atoms with Gasteiger partial charge in [-0.05, 0) is 48.1 Å². The van der Waals surface area contributed by atoms with Gasteiger partial charge in [0.25, 0.3) is 0 Å². The maximum atomic E-state index is 10.7. The molecular formula is C13H11NO2. The zero-order valence-corrected chi connectivity index (χ0v) is 8.73. The van der Waals surface area contributed by atoms with Crippen molar-refractivity contribution in [3.8, 4) is 6.07 Å². The zero-order valence-electron chi connectivity index (χ0n) is 8.73. The average Bonchev–Trinajstić information content (AvgIpc) is 2.28. The van der Waals surface area contributed by atoms with E-state index >= 15 is 0 Å². The molecule has 80 valence electrons. The van der Waals surface area contributed by atoms with Gasteiger partial charge >= 0.3 is 5.97 Å². The van der Waals surface area contributed by atoms with Crippen molar-refractivity contribution in [1.82, 2.24) is 0 Å². The molecule has 0 spiro atoms. The van der Waals surface area contributed by atoms with E-state index in [2.05, 4.69) is 6.07 Å². The summed E-state index contributed by atoms with van der Waals surface area (Å²) in [6.07, 6.45) is 3.93. The Labute approximate surface area is 93.6 Å². The molecule has 0 aliphatic heterocycles. The maximum Gasteiger partial charge on any atom is 0.328 e. The quantitative estimate of drug-likeness (QED) is 0.728. The van der Waals surface area contributed by atoms with Crippen LogP contribution in [0.3, 0.4) is 0 Å². The van der Waals surface area contributed by atoms with Gasteiger partial charge in [0.1, 0.15) is 0 Å². The van der Waals surface area contributed by atoms with E-state index in [1.807, 2.05) is 12.1 Å². The van der Waals surface area contributed by atoms with Crippen molar-refractivity contribution in [3.05, 3.63) is 41.0 Å². The van der Waals surface area contributed by atoms with Crippen LogP contribution in [-0.4, -0.2) is 11.1 Å². The van der Waals surface area contributed by atoms with Gasteiger partial charge in [-0.2, -0.15) is 5.26 Å². The molecule has 1 aliphatic rings. The molecule has 0 bridgehead atoms. The van der Waals surface area contributed by atoms with E-state index in [9.17, 15) is 4.79 Å². The number of hydrogen-bond acceptors (Lipinski definition) is 2. The van der Waals surface area contributed by atoms with E-state index in [-0.39, 0.29) is 0 Å². The molecule has 1 aromatic rings. The Morgan fingerprint density at radius 3 is 2.94 bits per heavy atom. The Kier molecular flexibility index (Phi) is 2.74. The highest BCUT2D eigenvalue weighted by atomic mass is 16.4. The smallest absolute Gasteiger partial charge is 0.328 e. The van der Waals surface area contributed by atoms with Crippen LogP contribution in [0.2, 0.25) is 0 Å². The Morgan fingerprint density at radius 1 is 1.44 bits per heavy atom. The normalized spacial score (nSPS) is 16.6. The van der Waals surface area contributed by atoms with Crippen molar-refractivity contribution in [2.75, 3.05) is 0 Å². The Morgan fingerprint density at radius 2 is 2.25 bits per heavy atom. The Hall–Kier alpha value is -2.08. The number of allylic oxidation sites excluding steroid dienone is 1. The number of rotatable bonds is 1. The van der Waals surface area contributed by atoms with E-state index in [1.54, 1.807) is 6.07 Å². The van der Waals surface area contributed by atoms with Gasteiger partial charge < -0.3 is 5.11 Å². The predicted molar refractivity (Wildman–Crippen MR) is 59.7 cm³/mol. The van der Waals surface area contributed by atoms with Gasteiger partial charge in [0.15, 0.2) is 0 Å². The SMILES string of the molecule is N#Cc1ccc2c(c1)CCCC2=CC(=O)O. The summed E-state index contributed by atoms with van der Waals surface area (Å²) >= 11 is 0. The number of benzene rings is 1. The van der Waals surface area contributed by atoms with Gasteiger partial charge in [0.2, 0.25) is 0 Å². The molecule has 16 heavy (non-hydrogen) atoms. The van der Waals surface area contributed by atoms with Gasteiger partial charge in [-0.25, -0.2) is 4.79 Å². The first-order chi connectivity index (χ1) is 7.70. The molecule has 1 aliphatic carbocycles. The van der Waals surface area contributed by atoms with E-state index in [0.29, 0.717) is 5.56 Å². The van der Waals surface area contributed by atoms with Crippen LogP contribution >= 0.6 is 0 Å². The summed E-state index contributed by atoms with van der Waals surface area (Å²) < 4.78 is 0. The highest BCUT2D eigenvalue weighted by molar-refractivity contribution is 5.91. The number of fused-ring (bicyclic) bond motifs is 1. The highest BCUT2D eigenvalue weighted by Crippen LogP contribution is 2.31. The lowest BCUT2D eigenvalue weighted by Gasteiger charge is -2.18. The molecular weight excluding hydrogens is 202 g/mol. The summed E-state index contributed by atoms with van der Waals surface area (Å²) in [6, 6.07) is 7.53. The van der Waals surface area contributed by atoms with Crippen LogP contribution in [0.25, 0.3) is 5.57 Å². The van der Waals surface area contributed by atoms with Gasteiger partial charge in [0.05, 0.1) is 11.6 Å². The summed E-state index contributed by atoms with van der Waals surface area (Å²) in [5, 5.41) is 17.6. The first-order valence-electron chi connectivity index (χ1n) is 5.17. The van der Waals surface area contributed by atoms with Crippen LogP contribution in [0.15, 0.2) is 24.3 Å².